The van der Waals surface area contributed by atoms with Crippen LogP contribution in [0.4, 0.5) is 5.00 Å². The van der Waals surface area contributed by atoms with Crippen molar-refractivity contribution in [1.82, 2.24) is 0 Å². The maximum Gasteiger partial charge on any atom is 0.265 e. The van der Waals surface area contributed by atoms with Gasteiger partial charge in [0.25, 0.3) is 11.8 Å². The Hall–Kier alpha value is -2.54. The molecular formula is C18H20N2O4S. The molecule has 25 heavy (non-hydrogen) atoms. The van der Waals surface area contributed by atoms with Crippen LogP contribution in [-0.2, 0) is 17.6 Å². The van der Waals surface area contributed by atoms with Crippen molar-refractivity contribution in [1.29, 1.82) is 0 Å². The van der Waals surface area contributed by atoms with E-state index >= 15 is 0 Å². The van der Waals surface area contributed by atoms with Crippen LogP contribution in [0.2, 0.25) is 0 Å². The average molecular weight is 360 g/mol. The Labute approximate surface area is 149 Å². The average Bonchev–Trinajstić information content (AvgIpc) is 3.15. The zero-order valence-corrected chi connectivity index (χ0v) is 14.9. The number of hydrogen-bond donors (Lipinski definition) is 2. The van der Waals surface area contributed by atoms with Gasteiger partial charge in [0.05, 0.1) is 12.7 Å². The van der Waals surface area contributed by atoms with Gasteiger partial charge in [0.1, 0.15) is 16.5 Å². The molecule has 0 fully saturated rings. The first-order valence-corrected chi connectivity index (χ1v) is 8.87. The summed E-state index contributed by atoms with van der Waals surface area (Å²) in [5, 5.41) is 3.31. The number of nitrogens with one attached hydrogen (secondary N) is 1. The van der Waals surface area contributed by atoms with E-state index in [9.17, 15) is 9.59 Å². The topological polar surface area (TPSA) is 90.7 Å². The molecule has 1 unspecified atom stereocenters. The largest absolute Gasteiger partial charge is 0.497 e. The predicted octanol–water partition coefficient (Wildman–Crippen LogP) is 2.75. The first-order valence-electron chi connectivity index (χ1n) is 8.05. The van der Waals surface area contributed by atoms with Crippen molar-refractivity contribution < 1.29 is 19.1 Å². The third kappa shape index (κ3) is 3.61. The molecule has 0 spiro atoms. The molecule has 0 bridgehead atoms. The van der Waals surface area contributed by atoms with Gasteiger partial charge in [-0.15, -0.1) is 11.3 Å². The minimum Gasteiger partial charge on any atom is -0.497 e. The van der Waals surface area contributed by atoms with Crippen molar-refractivity contribution in [3.8, 4) is 11.5 Å². The molecule has 3 N–H and O–H groups in total. The monoisotopic (exact) mass is 360 g/mol. The van der Waals surface area contributed by atoms with E-state index in [2.05, 4.69) is 5.32 Å². The van der Waals surface area contributed by atoms with Crippen molar-refractivity contribution in [2.24, 2.45) is 5.73 Å². The molecule has 1 aromatic heterocycles. The molecule has 1 aromatic carbocycles. The van der Waals surface area contributed by atoms with E-state index in [4.69, 9.17) is 15.2 Å². The molecule has 0 saturated carbocycles. The van der Waals surface area contributed by atoms with Crippen molar-refractivity contribution in [3.63, 3.8) is 0 Å². The molecule has 1 aliphatic rings. The maximum absolute atomic E-state index is 12.5. The lowest BCUT2D eigenvalue weighted by Crippen LogP contribution is -2.30. The van der Waals surface area contributed by atoms with Gasteiger partial charge >= 0.3 is 0 Å². The number of rotatable bonds is 6. The summed E-state index contributed by atoms with van der Waals surface area (Å²) in [5.41, 5.74) is 6.94. The van der Waals surface area contributed by atoms with Gasteiger partial charge in [0, 0.05) is 10.9 Å². The number of hydrogen-bond acceptors (Lipinski definition) is 5. The zero-order chi connectivity index (χ0) is 18.0. The van der Waals surface area contributed by atoms with Gasteiger partial charge in [0.2, 0.25) is 0 Å². The minimum atomic E-state index is -0.732. The van der Waals surface area contributed by atoms with Crippen molar-refractivity contribution in [2.75, 3.05) is 12.4 Å². The van der Waals surface area contributed by atoms with Crippen LogP contribution < -0.4 is 20.5 Å². The Kier molecular flexibility index (Phi) is 4.94. The van der Waals surface area contributed by atoms with Gasteiger partial charge in [-0.25, -0.2) is 0 Å². The Morgan fingerprint density at radius 2 is 2.04 bits per heavy atom. The third-order valence-electron chi connectivity index (χ3n) is 4.13. The number of carbonyl (C=O) groups is 2. The normalized spacial score (nSPS) is 13.8. The quantitative estimate of drug-likeness (QED) is 0.829. The molecular weight excluding hydrogens is 340 g/mol. The number of methoxy groups -OCH3 is 1. The van der Waals surface area contributed by atoms with Crippen LogP contribution in [0.5, 0.6) is 11.5 Å². The lowest BCUT2D eigenvalue weighted by molar-refractivity contribution is -0.122. The lowest BCUT2D eigenvalue weighted by atomic mass is 10.1. The van der Waals surface area contributed by atoms with E-state index in [0.717, 1.165) is 29.7 Å². The molecule has 1 heterocycles. The Balaban J connectivity index is 1.73. The molecule has 6 nitrogen and oxygen atoms in total. The molecule has 132 valence electrons. The van der Waals surface area contributed by atoms with Crippen LogP contribution in [0.3, 0.4) is 0 Å². The highest BCUT2D eigenvalue weighted by Crippen LogP contribution is 2.38. The van der Waals surface area contributed by atoms with Gasteiger partial charge in [0.15, 0.2) is 6.10 Å². The fourth-order valence-corrected chi connectivity index (χ4v) is 4.20. The van der Waals surface area contributed by atoms with E-state index in [1.165, 1.54) is 11.3 Å². The first kappa shape index (κ1) is 17.3. The van der Waals surface area contributed by atoms with E-state index < -0.39 is 12.0 Å². The summed E-state index contributed by atoms with van der Waals surface area (Å²) in [7, 11) is 1.57. The Bertz CT molecular complexity index is 815. The molecule has 0 aliphatic heterocycles. The molecule has 0 saturated heterocycles. The van der Waals surface area contributed by atoms with E-state index in [1.54, 1.807) is 38.3 Å². The standard InChI is InChI=1S/C18H20N2O4S/c1-10(24-12-6-3-5-11(9-12)23-2)17(22)20-18-15(16(19)21)13-7-4-8-14(13)25-18/h3,5-6,9-10H,4,7-8H2,1-2H3,(H2,19,21)(H,20,22). The maximum atomic E-state index is 12.5. The lowest BCUT2D eigenvalue weighted by Gasteiger charge is -2.15. The van der Waals surface area contributed by atoms with Crippen LogP contribution in [0.1, 0.15) is 34.1 Å². The molecule has 3 rings (SSSR count). The minimum absolute atomic E-state index is 0.328. The molecule has 1 aliphatic carbocycles. The number of primary amides is 1. The van der Waals surface area contributed by atoms with Crippen molar-refractivity contribution in [2.45, 2.75) is 32.3 Å². The van der Waals surface area contributed by atoms with Crippen LogP contribution in [-0.4, -0.2) is 25.0 Å². The number of nitrogens with two attached hydrogens (primary N) is 1. The van der Waals surface area contributed by atoms with Crippen LogP contribution >= 0.6 is 11.3 Å². The number of fused-ring (bicyclic) bond motifs is 1. The summed E-state index contributed by atoms with van der Waals surface area (Å²) in [6, 6.07) is 7.04. The first-order chi connectivity index (χ1) is 12.0. The second-order valence-electron chi connectivity index (χ2n) is 5.85. The number of benzene rings is 1. The number of thiophene rings is 1. The SMILES string of the molecule is COc1cccc(OC(C)C(=O)Nc2sc3c(c2C(N)=O)CCC3)c1. The highest BCUT2D eigenvalue weighted by molar-refractivity contribution is 7.17. The molecule has 1 atom stereocenters. The zero-order valence-electron chi connectivity index (χ0n) is 14.1. The van der Waals surface area contributed by atoms with Crippen LogP contribution in [0.25, 0.3) is 0 Å². The van der Waals surface area contributed by atoms with Crippen LogP contribution in [0.15, 0.2) is 24.3 Å². The van der Waals surface area contributed by atoms with Crippen molar-refractivity contribution in [3.05, 3.63) is 40.3 Å². The number of aryl methyl sites for hydroxylation is 1. The second-order valence-corrected chi connectivity index (χ2v) is 6.96. The fraction of sp³-hybridized carbons (Fsp3) is 0.333. The molecule has 0 radical (unpaired) electrons. The fourth-order valence-electron chi connectivity index (χ4n) is 2.90. The third-order valence-corrected chi connectivity index (χ3v) is 5.33. The number of carbonyl (C=O) groups excluding carboxylic acids is 2. The second kappa shape index (κ2) is 7.14. The smallest absolute Gasteiger partial charge is 0.265 e. The van der Waals surface area contributed by atoms with Gasteiger partial charge in [-0.1, -0.05) is 6.07 Å². The summed E-state index contributed by atoms with van der Waals surface area (Å²) in [6.45, 7) is 1.65. The predicted molar refractivity (Wildman–Crippen MR) is 96.6 cm³/mol. The highest BCUT2D eigenvalue weighted by Gasteiger charge is 2.27. The van der Waals surface area contributed by atoms with Crippen molar-refractivity contribution >= 4 is 28.2 Å². The summed E-state index contributed by atoms with van der Waals surface area (Å²) >= 11 is 1.43. The van der Waals surface area contributed by atoms with E-state index in [0.29, 0.717) is 22.1 Å². The number of anilines is 1. The van der Waals surface area contributed by atoms with E-state index in [-0.39, 0.29) is 5.91 Å². The van der Waals surface area contributed by atoms with Gasteiger partial charge < -0.3 is 20.5 Å². The summed E-state index contributed by atoms with van der Waals surface area (Å²) in [6.07, 6.45) is 2.04. The Morgan fingerprint density at radius 3 is 2.76 bits per heavy atom. The van der Waals surface area contributed by atoms with Gasteiger partial charge in [-0.3, -0.25) is 9.59 Å². The molecule has 2 aromatic rings. The summed E-state index contributed by atoms with van der Waals surface area (Å²) in [5.74, 6) is 0.350. The molecule has 2 amide bonds. The molecule has 7 heteroatoms. The summed E-state index contributed by atoms with van der Waals surface area (Å²) < 4.78 is 10.8. The summed E-state index contributed by atoms with van der Waals surface area (Å²) in [4.78, 5) is 25.4. The van der Waals surface area contributed by atoms with Gasteiger partial charge in [-0.2, -0.15) is 0 Å². The van der Waals surface area contributed by atoms with Gasteiger partial charge in [-0.05, 0) is 43.9 Å². The highest BCUT2D eigenvalue weighted by atomic mass is 32.1. The number of amides is 2. The number of ether oxygens (including phenoxy) is 2. The van der Waals surface area contributed by atoms with Crippen LogP contribution in [0, 0.1) is 0 Å². The van der Waals surface area contributed by atoms with E-state index in [1.807, 2.05) is 0 Å². The Morgan fingerprint density at radius 1 is 1.28 bits per heavy atom.